The summed E-state index contributed by atoms with van der Waals surface area (Å²) in [7, 11) is -2.13. The summed E-state index contributed by atoms with van der Waals surface area (Å²) in [6.45, 7) is 5.45. The van der Waals surface area contributed by atoms with Gasteiger partial charge in [-0.25, -0.2) is 8.42 Å². The van der Waals surface area contributed by atoms with Gasteiger partial charge in [0.05, 0.1) is 25.1 Å². The van der Waals surface area contributed by atoms with E-state index >= 15 is 0 Å². The Hall–Kier alpha value is -2.25. The Morgan fingerprint density at radius 2 is 1.83 bits per heavy atom. The number of nitrogens with one attached hydrogen (secondary N) is 1. The van der Waals surface area contributed by atoms with Crippen LogP contribution >= 0.6 is 11.6 Å². The highest BCUT2D eigenvalue weighted by molar-refractivity contribution is 7.92. The van der Waals surface area contributed by atoms with Crippen molar-refractivity contribution >= 4 is 33.2 Å². The van der Waals surface area contributed by atoms with Crippen molar-refractivity contribution in [2.45, 2.75) is 39.3 Å². The third-order valence-electron chi connectivity index (χ3n) is 4.71. The number of carbonyl (C=O) groups is 1. The number of hydrogen-bond acceptors (Lipinski definition) is 4. The van der Waals surface area contributed by atoms with Gasteiger partial charge in [-0.15, -0.1) is 0 Å². The number of methoxy groups -OCH3 is 1. The molecule has 0 radical (unpaired) electrons. The van der Waals surface area contributed by atoms with E-state index in [1.807, 2.05) is 38.1 Å². The summed E-state index contributed by atoms with van der Waals surface area (Å²) in [6, 6.07) is 11.1. The van der Waals surface area contributed by atoms with Crippen molar-refractivity contribution in [1.29, 1.82) is 0 Å². The van der Waals surface area contributed by atoms with Gasteiger partial charge in [0.1, 0.15) is 11.8 Å². The van der Waals surface area contributed by atoms with Gasteiger partial charge in [0.2, 0.25) is 15.9 Å². The van der Waals surface area contributed by atoms with Gasteiger partial charge in [0, 0.05) is 5.02 Å². The van der Waals surface area contributed by atoms with Crippen LogP contribution in [0.4, 0.5) is 5.69 Å². The van der Waals surface area contributed by atoms with Crippen LogP contribution in [0.1, 0.15) is 37.4 Å². The van der Waals surface area contributed by atoms with Crippen LogP contribution in [0, 0.1) is 6.92 Å². The van der Waals surface area contributed by atoms with Crippen LogP contribution in [0.2, 0.25) is 5.02 Å². The second-order valence-corrected chi connectivity index (χ2v) is 9.19. The maximum Gasteiger partial charge on any atom is 0.244 e. The van der Waals surface area contributed by atoms with Gasteiger partial charge >= 0.3 is 0 Å². The molecule has 2 aromatic carbocycles. The number of rotatable bonds is 8. The normalized spacial score (nSPS) is 13.4. The van der Waals surface area contributed by atoms with Crippen LogP contribution in [0.15, 0.2) is 42.5 Å². The Kier molecular flexibility index (Phi) is 7.54. The first-order valence-electron chi connectivity index (χ1n) is 9.28. The lowest BCUT2D eigenvalue weighted by molar-refractivity contribution is -0.122. The number of aryl methyl sites for hydroxylation is 1. The zero-order valence-electron chi connectivity index (χ0n) is 17.3. The molecule has 0 heterocycles. The van der Waals surface area contributed by atoms with Gasteiger partial charge in [-0.3, -0.25) is 9.10 Å². The molecule has 0 saturated carbocycles. The van der Waals surface area contributed by atoms with Crippen molar-refractivity contribution in [3.63, 3.8) is 0 Å². The molecule has 0 bridgehead atoms. The average molecular weight is 439 g/mol. The topological polar surface area (TPSA) is 75.7 Å². The first-order valence-corrected chi connectivity index (χ1v) is 11.5. The molecule has 8 heteroatoms. The summed E-state index contributed by atoms with van der Waals surface area (Å²) in [5, 5.41) is 3.36. The van der Waals surface area contributed by atoms with Crippen LogP contribution in [0.3, 0.4) is 0 Å². The molecule has 29 heavy (non-hydrogen) atoms. The number of ether oxygens (including phenoxy) is 1. The van der Waals surface area contributed by atoms with Crippen molar-refractivity contribution < 1.29 is 17.9 Å². The lowest BCUT2D eigenvalue weighted by Gasteiger charge is -2.31. The Morgan fingerprint density at radius 3 is 2.31 bits per heavy atom. The molecule has 0 aliphatic rings. The van der Waals surface area contributed by atoms with Crippen molar-refractivity contribution in [1.82, 2.24) is 5.32 Å². The summed E-state index contributed by atoms with van der Waals surface area (Å²) in [6.07, 6.45) is 1.39. The summed E-state index contributed by atoms with van der Waals surface area (Å²) < 4.78 is 31.4. The largest absolute Gasteiger partial charge is 0.497 e. The van der Waals surface area contributed by atoms with Crippen LogP contribution in [-0.2, 0) is 14.8 Å². The molecule has 2 atom stereocenters. The maximum absolute atomic E-state index is 13.0. The molecule has 1 amide bonds. The lowest BCUT2D eigenvalue weighted by atomic mass is 10.1. The monoisotopic (exact) mass is 438 g/mol. The molecule has 0 fully saturated rings. The van der Waals surface area contributed by atoms with E-state index in [9.17, 15) is 13.2 Å². The molecule has 0 aliphatic heterocycles. The maximum atomic E-state index is 13.0. The van der Waals surface area contributed by atoms with Crippen molar-refractivity contribution in [2.24, 2.45) is 0 Å². The van der Waals surface area contributed by atoms with Crippen LogP contribution < -0.4 is 14.4 Å². The van der Waals surface area contributed by atoms with E-state index in [1.54, 1.807) is 32.2 Å². The summed E-state index contributed by atoms with van der Waals surface area (Å²) >= 11 is 6.19. The quantitative estimate of drug-likeness (QED) is 0.673. The predicted molar refractivity (Wildman–Crippen MR) is 117 cm³/mol. The highest BCUT2D eigenvalue weighted by Gasteiger charge is 2.32. The van der Waals surface area contributed by atoms with Crippen molar-refractivity contribution in [2.75, 3.05) is 17.7 Å². The minimum Gasteiger partial charge on any atom is -0.497 e. The van der Waals surface area contributed by atoms with E-state index in [2.05, 4.69) is 5.32 Å². The van der Waals surface area contributed by atoms with Gasteiger partial charge in [0.15, 0.2) is 0 Å². The van der Waals surface area contributed by atoms with E-state index in [4.69, 9.17) is 16.3 Å². The van der Waals surface area contributed by atoms with E-state index in [1.165, 1.54) is 0 Å². The molecular formula is C21H27ClN2O4S. The molecular weight excluding hydrogens is 412 g/mol. The second kappa shape index (κ2) is 9.50. The zero-order valence-corrected chi connectivity index (χ0v) is 18.8. The number of halogens is 1. The minimum atomic E-state index is -3.72. The van der Waals surface area contributed by atoms with E-state index in [-0.39, 0.29) is 11.9 Å². The standard InChI is InChI=1S/C21H27ClN2O4S/c1-6-20(21(25)23-15(3)16-8-11-18(28-4)12-9-16)24(29(5,26)27)17-10-7-14(2)19(22)13-17/h7-13,15,20H,6H2,1-5H3,(H,23,25)/t15-,20-/m1/s1. The zero-order chi connectivity index (χ0) is 21.8. The smallest absolute Gasteiger partial charge is 0.244 e. The predicted octanol–water partition coefficient (Wildman–Crippen LogP) is 4.08. The molecule has 158 valence electrons. The summed E-state index contributed by atoms with van der Waals surface area (Å²) in [5.41, 5.74) is 2.08. The number of benzene rings is 2. The van der Waals surface area contributed by atoms with Gasteiger partial charge in [-0.1, -0.05) is 36.7 Å². The minimum absolute atomic E-state index is 0.300. The van der Waals surface area contributed by atoms with Gasteiger partial charge in [-0.2, -0.15) is 0 Å². The first kappa shape index (κ1) is 23.0. The Bertz CT molecular complexity index is 961. The highest BCUT2D eigenvalue weighted by Crippen LogP contribution is 2.28. The number of sulfonamides is 1. The van der Waals surface area contributed by atoms with E-state index < -0.39 is 16.1 Å². The number of hydrogen-bond donors (Lipinski definition) is 1. The number of carbonyl (C=O) groups excluding carboxylic acids is 1. The molecule has 0 aliphatic carbocycles. The Balaban J connectivity index is 2.30. The number of anilines is 1. The molecule has 2 rings (SSSR count). The van der Waals surface area contributed by atoms with Crippen molar-refractivity contribution in [3.8, 4) is 5.75 Å². The van der Waals surface area contributed by atoms with Crippen LogP contribution in [0.5, 0.6) is 5.75 Å². The lowest BCUT2D eigenvalue weighted by Crippen LogP contribution is -2.49. The Labute approximate surface area is 177 Å². The van der Waals surface area contributed by atoms with Gasteiger partial charge in [-0.05, 0) is 55.7 Å². The van der Waals surface area contributed by atoms with E-state index in [0.29, 0.717) is 17.1 Å². The third-order valence-corrected chi connectivity index (χ3v) is 6.30. The van der Waals surface area contributed by atoms with E-state index in [0.717, 1.165) is 27.4 Å². The fourth-order valence-corrected chi connectivity index (χ4v) is 4.44. The molecule has 0 saturated heterocycles. The van der Waals surface area contributed by atoms with Crippen molar-refractivity contribution in [3.05, 3.63) is 58.6 Å². The average Bonchev–Trinajstić information content (AvgIpc) is 2.67. The molecule has 2 aromatic rings. The fourth-order valence-electron chi connectivity index (χ4n) is 3.06. The summed E-state index contributed by atoms with van der Waals surface area (Å²) in [4.78, 5) is 13.0. The third kappa shape index (κ3) is 5.64. The molecule has 0 unspecified atom stereocenters. The number of amides is 1. The van der Waals surface area contributed by atoms with Gasteiger partial charge in [0.25, 0.3) is 0 Å². The molecule has 6 nitrogen and oxygen atoms in total. The fraction of sp³-hybridized carbons (Fsp3) is 0.381. The highest BCUT2D eigenvalue weighted by atomic mass is 35.5. The Morgan fingerprint density at radius 1 is 1.21 bits per heavy atom. The van der Waals surface area contributed by atoms with Crippen LogP contribution in [0.25, 0.3) is 0 Å². The second-order valence-electron chi connectivity index (χ2n) is 6.92. The molecule has 0 spiro atoms. The number of nitrogens with zero attached hydrogens (tertiary/aromatic N) is 1. The van der Waals surface area contributed by atoms with Gasteiger partial charge < -0.3 is 10.1 Å². The SMILES string of the molecule is CC[C@H](C(=O)N[C@H](C)c1ccc(OC)cc1)N(c1ccc(C)c(Cl)c1)S(C)(=O)=O. The summed E-state index contributed by atoms with van der Waals surface area (Å²) in [5.74, 6) is 0.344. The molecule has 0 aromatic heterocycles. The first-order chi connectivity index (χ1) is 13.6. The molecule has 1 N–H and O–H groups in total. The van der Waals surface area contributed by atoms with Crippen LogP contribution in [-0.4, -0.2) is 33.7 Å².